The average molecular weight is 362 g/mol. The summed E-state index contributed by atoms with van der Waals surface area (Å²) in [6.45, 7) is 10.4. The second-order valence-corrected chi connectivity index (χ2v) is 7.32. The molecule has 0 spiro atoms. The van der Waals surface area contributed by atoms with Crippen molar-refractivity contribution in [2.45, 2.75) is 58.3 Å². The summed E-state index contributed by atoms with van der Waals surface area (Å²) in [4.78, 5) is 36.7. The molecule has 0 radical (unpaired) electrons. The number of rotatable bonds is 2. The molecule has 1 fully saturated rings. The van der Waals surface area contributed by atoms with Crippen molar-refractivity contribution < 1.29 is 29.0 Å². The monoisotopic (exact) mass is 362 g/mol. The minimum absolute atomic E-state index is 0.0623. The van der Waals surface area contributed by atoms with Crippen molar-refractivity contribution in [1.82, 2.24) is 0 Å². The summed E-state index contributed by atoms with van der Waals surface area (Å²) in [5, 5.41) is 10.6. The second kappa shape index (κ2) is 7.58. The van der Waals surface area contributed by atoms with Crippen LogP contribution in [-0.2, 0) is 23.9 Å². The first kappa shape index (κ1) is 20.1. The summed E-state index contributed by atoms with van der Waals surface area (Å²) in [7, 11) is 0. The Morgan fingerprint density at radius 3 is 2.73 bits per heavy atom. The Kier molecular flexibility index (Phi) is 5.86. The minimum atomic E-state index is -1.74. The van der Waals surface area contributed by atoms with Crippen molar-refractivity contribution in [1.29, 1.82) is 0 Å². The van der Waals surface area contributed by atoms with Crippen LogP contribution in [-0.4, -0.2) is 40.6 Å². The molecule has 1 aliphatic heterocycles. The van der Waals surface area contributed by atoms with Gasteiger partial charge in [0.15, 0.2) is 5.78 Å². The first-order chi connectivity index (χ1) is 12.1. The predicted molar refractivity (Wildman–Crippen MR) is 95.0 cm³/mol. The number of ketones is 1. The van der Waals surface area contributed by atoms with E-state index >= 15 is 0 Å². The fourth-order valence-corrected chi connectivity index (χ4v) is 3.26. The third kappa shape index (κ3) is 4.12. The van der Waals surface area contributed by atoms with E-state index in [-0.39, 0.29) is 17.9 Å². The first-order valence-electron chi connectivity index (χ1n) is 8.75. The van der Waals surface area contributed by atoms with Crippen molar-refractivity contribution in [3.05, 3.63) is 36.0 Å². The zero-order valence-corrected chi connectivity index (χ0v) is 15.7. The maximum atomic E-state index is 12.3. The molecular weight excluding hydrogens is 336 g/mol. The lowest BCUT2D eigenvalue weighted by Gasteiger charge is -2.33. The van der Waals surface area contributed by atoms with E-state index in [9.17, 15) is 19.5 Å². The normalized spacial score (nSPS) is 37.0. The van der Waals surface area contributed by atoms with Gasteiger partial charge in [-0.05, 0) is 39.2 Å². The topological polar surface area (TPSA) is 89.9 Å². The highest BCUT2D eigenvalue weighted by Crippen LogP contribution is 2.38. The van der Waals surface area contributed by atoms with Crippen LogP contribution in [0.2, 0.25) is 0 Å². The highest BCUT2D eigenvalue weighted by Gasteiger charge is 2.48. The van der Waals surface area contributed by atoms with Crippen LogP contribution < -0.4 is 0 Å². The number of allylic oxidation sites excluding steroid dienone is 2. The lowest BCUT2D eigenvalue weighted by molar-refractivity contribution is -0.155. The van der Waals surface area contributed by atoms with Gasteiger partial charge in [-0.2, -0.15) is 0 Å². The molecule has 1 aliphatic carbocycles. The molecule has 1 saturated heterocycles. The predicted octanol–water partition coefficient (Wildman–Crippen LogP) is 2.27. The third-order valence-electron chi connectivity index (χ3n) is 5.05. The molecular formula is C20H26O6. The van der Waals surface area contributed by atoms with Crippen LogP contribution in [0, 0.1) is 11.8 Å². The van der Waals surface area contributed by atoms with Crippen LogP contribution >= 0.6 is 0 Å². The van der Waals surface area contributed by atoms with Gasteiger partial charge in [-0.25, -0.2) is 9.59 Å². The molecule has 26 heavy (non-hydrogen) atoms. The molecule has 5 atom stereocenters. The first-order valence-corrected chi connectivity index (χ1v) is 8.75. The number of ether oxygens (including phenoxy) is 2. The van der Waals surface area contributed by atoms with Crippen molar-refractivity contribution in [3.8, 4) is 0 Å². The molecule has 6 heteroatoms. The number of esters is 2. The Morgan fingerprint density at radius 2 is 2.12 bits per heavy atom. The molecule has 2 rings (SSSR count). The molecule has 142 valence electrons. The van der Waals surface area contributed by atoms with Gasteiger partial charge < -0.3 is 14.6 Å². The van der Waals surface area contributed by atoms with Crippen LogP contribution in [0.25, 0.3) is 0 Å². The highest BCUT2D eigenvalue weighted by molar-refractivity contribution is 5.97. The maximum absolute atomic E-state index is 12.3. The van der Waals surface area contributed by atoms with Crippen molar-refractivity contribution in [3.63, 3.8) is 0 Å². The molecule has 1 N–H and O–H groups in total. The Bertz CT molecular complexity index is 684. The molecule has 0 aromatic carbocycles. The molecule has 0 aromatic heterocycles. The summed E-state index contributed by atoms with van der Waals surface area (Å²) in [6.07, 6.45) is 3.54. The fraction of sp³-hybridized carbons (Fsp3) is 0.550. The number of carbonyl (C=O) groups excluding carboxylic acids is 3. The highest BCUT2D eigenvalue weighted by atomic mass is 16.6. The SMILES string of the molecule is C=C1C(=O)O[C@@H]2C[C@@H](C)/C=C\C(=O)[C@@](C)(O)C[C@@H](OC(=O)/C(C)=C/C)[C@@H]12. The van der Waals surface area contributed by atoms with Gasteiger partial charge in [-0.3, -0.25) is 4.79 Å². The summed E-state index contributed by atoms with van der Waals surface area (Å²) in [6, 6.07) is 0. The van der Waals surface area contributed by atoms with Crippen LogP contribution in [0.5, 0.6) is 0 Å². The van der Waals surface area contributed by atoms with Crippen molar-refractivity contribution in [2.24, 2.45) is 11.8 Å². The standard InChI is InChI=1S/C20H26O6/c1-6-12(3)18(22)26-15-10-20(5,24)16(21)8-7-11(2)9-14-17(15)13(4)19(23)25-14/h6-8,11,14-15,17,24H,4,9-10H2,1-3,5H3/b8-7-,12-6+/t11-,14+,15+,17-,20-/m0/s1. The summed E-state index contributed by atoms with van der Waals surface area (Å²) < 4.78 is 11.0. The van der Waals surface area contributed by atoms with Gasteiger partial charge in [0, 0.05) is 17.6 Å². The van der Waals surface area contributed by atoms with Crippen LogP contribution in [0.3, 0.4) is 0 Å². The minimum Gasteiger partial charge on any atom is -0.458 e. The van der Waals surface area contributed by atoms with Crippen LogP contribution in [0.4, 0.5) is 0 Å². The van der Waals surface area contributed by atoms with Gasteiger partial charge in [0.05, 0.1) is 5.92 Å². The Labute approximate surface area is 153 Å². The number of fused-ring (bicyclic) bond motifs is 1. The van der Waals surface area contributed by atoms with E-state index in [2.05, 4.69) is 6.58 Å². The molecule has 0 saturated carbocycles. The van der Waals surface area contributed by atoms with E-state index < -0.39 is 41.4 Å². The van der Waals surface area contributed by atoms with Gasteiger partial charge in [0.2, 0.25) is 0 Å². The molecule has 1 heterocycles. The molecule has 6 nitrogen and oxygen atoms in total. The maximum Gasteiger partial charge on any atom is 0.334 e. The summed E-state index contributed by atoms with van der Waals surface area (Å²) >= 11 is 0. The smallest absolute Gasteiger partial charge is 0.334 e. The second-order valence-electron chi connectivity index (χ2n) is 7.32. The van der Waals surface area contributed by atoms with E-state index in [0.717, 1.165) is 0 Å². The van der Waals surface area contributed by atoms with Gasteiger partial charge >= 0.3 is 11.9 Å². The van der Waals surface area contributed by atoms with E-state index in [4.69, 9.17) is 9.47 Å². The third-order valence-corrected chi connectivity index (χ3v) is 5.05. The number of hydrogen-bond acceptors (Lipinski definition) is 6. The molecule has 0 aromatic rings. The number of carbonyl (C=O) groups is 3. The van der Waals surface area contributed by atoms with E-state index in [1.54, 1.807) is 26.0 Å². The zero-order chi connectivity index (χ0) is 19.6. The lowest BCUT2D eigenvalue weighted by atomic mass is 9.79. The van der Waals surface area contributed by atoms with E-state index in [0.29, 0.717) is 12.0 Å². The van der Waals surface area contributed by atoms with Gasteiger partial charge in [0.25, 0.3) is 0 Å². The Morgan fingerprint density at radius 1 is 1.46 bits per heavy atom. The van der Waals surface area contributed by atoms with E-state index in [1.165, 1.54) is 13.0 Å². The van der Waals surface area contributed by atoms with Crippen molar-refractivity contribution >= 4 is 17.7 Å². The summed E-state index contributed by atoms with van der Waals surface area (Å²) in [5.74, 6) is -2.24. The molecule has 2 aliphatic rings. The fourth-order valence-electron chi connectivity index (χ4n) is 3.26. The quantitative estimate of drug-likeness (QED) is 0.599. The number of hydrogen-bond donors (Lipinski definition) is 1. The zero-order valence-electron chi connectivity index (χ0n) is 15.7. The Hall–Kier alpha value is -2.21. The van der Waals surface area contributed by atoms with Crippen LogP contribution in [0.1, 0.15) is 40.5 Å². The molecule has 0 bridgehead atoms. The average Bonchev–Trinajstić information content (AvgIpc) is 2.84. The van der Waals surface area contributed by atoms with Crippen LogP contribution in [0.15, 0.2) is 36.0 Å². The van der Waals surface area contributed by atoms with E-state index in [1.807, 2.05) is 6.92 Å². The van der Waals surface area contributed by atoms with Gasteiger partial charge in [-0.15, -0.1) is 0 Å². The van der Waals surface area contributed by atoms with Gasteiger partial charge in [-0.1, -0.05) is 25.7 Å². The molecule has 0 amide bonds. The lowest BCUT2D eigenvalue weighted by Crippen LogP contribution is -2.44. The summed E-state index contributed by atoms with van der Waals surface area (Å²) in [5.41, 5.74) is -1.14. The Balaban J connectivity index is 2.45. The van der Waals surface area contributed by atoms with Gasteiger partial charge in [0.1, 0.15) is 17.8 Å². The number of aliphatic hydroxyl groups is 1. The molecule has 0 unspecified atom stereocenters. The van der Waals surface area contributed by atoms with Crippen molar-refractivity contribution in [2.75, 3.05) is 0 Å². The largest absolute Gasteiger partial charge is 0.458 e.